The summed E-state index contributed by atoms with van der Waals surface area (Å²) in [6.45, 7) is 8.85. The maximum absolute atomic E-state index is 4.62. The van der Waals surface area contributed by atoms with E-state index in [9.17, 15) is 0 Å². The standard InChI is InChI=1S/C18H24N4/c1-18(2,3)14-6-8-15(9-7-14)20-17-19-11-10-16(21-17)22-12-4-5-13-22/h6-11H,4-5,12-13H2,1-3H3,(H,19,20,21). The normalized spacial score (nSPS) is 15.1. The summed E-state index contributed by atoms with van der Waals surface area (Å²) in [6.07, 6.45) is 4.33. The van der Waals surface area contributed by atoms with Gasteiger partial charge in [0.15, 0.2) is 0 Å². The highest BCUT2D eigenvalue weighted by Gasteiger charge is 2.15. The summed E-state index contributed by atoms with van der Waals surface area (Å²) >= 11 is 0. The van der Waals surface area contributed by atoms with Crippen LogP contribution in [-0.2, 0) is 5.41 Å². The average molecular weight is 296 g/mol. The van der Waals surface area contributed by atoms with Crippen molar-refractivity contribution in [3.63, 3.8) is 0 Å². The minimum atomic E-state index is 0.171. The zero-order chi connectivity index (χ0) is 15.6. The van der Waals surface area contributed by atoms with Gasteiger partial charge in [0, 0.05) is 25.0 Å². The summed E-state index contributed by atoms with van der Waals surface area (Å²) in [5, 5.41) is 3.30. The molecule has 0 unspecified atom stereocenters. The molecular weight excluding hydrogens is 272 g/mol. The number of nitrogens with zero attached hydrogens (tertiary/aromatic N) is 3. The summed E-state index contributed by atoms with van der Waals surface area (Å²) in [4.78, 5) is 11.3. The molecule has 1 aliphatic rings. The molecule has 1 N–H and O–H groups in total. The molecule has 0 radical (unpaired) electrons. The van der Waals surface area contributed by atoms with E-state index in [4.69, 9.17) is 0 Å². The Morgan fingerprint density at radius 2 is 1.68 bits per heavy atom. The third-order valence-corrected chi connectivity index (χ3v) is 4.08. The van der Waals surface area contributed by atoms with Crippen LogP contribution in [0.3, 0.4) is 0 Å². The summed E-state index contributed by atoms with van der Waals surface area (Å²) in [5.41, 5.74) is 2.52. The van der Waals surface area contributed by atoms with Gasteiger partial charge in [-0.1, -0.05) is 32.9 Å². The van der Waals surface area contributed by atoms with Crippen LogP contribution in [0.4, 0.5) is 17.5 Å². The molecule has 4 heteroatoms. The van der Waals surface area contributed by atoms with Crippen LogP contribution in [0.1, 0.15) is 39.2 Å². The van der Waals surface area contributed by atoms with Crippen LogP contribution in [-0.4, -0.2) is 23.1 Å². The van der Waals surface area contributed by atoms with Gasteiger partial charge in [0.2, 0.25) is 5.95 Å². The van der Waals surface area contributed by atoms with Gasteiger partial charge >= 0.3 is 0 Å². The van der Waals surface area contributed by atoms with E-state index in [0.717, 1.165) is 24.6 Å². The Morgan fingerprint density at radius 3 is 2.32 bits per heavy atom. The fourth-order valence-electron chi connectivity index (χ4n) is 2.71. The third-order valence-electron chi connectivity index (χ3n) is 4.08. The lowest BCUT2D eigenvalue weighted by atomic mass is 9.87. The van der Waals surface area contributed by atoms with Crippen molar-refractivity contribution >= 4 is 17.5 Å². The molecule has 2 heterocycles. The van der Waals surface area contributed by atoms with Crippen LogP contribution in [0.25, 0.3) is 0 Å². The van der Waals surface area contributed by atoms with E-state index in [-0.39, 0.29) is 5.41 Å². The maximum Gasteiger partial charge on any atom is 0.229 e. The van der Waals surface area contributed by atoms with E-state index >= 15 is 0 Å². The van der Waals surface area contributed by atoms with Crippen molar-refractivity contribution in [2.24, 2.45) is 0 Å². The van der Waals surface area contributed by atoms with E-state index in [2.05, 4.69) is 65.2 Å². The van der Waals surface area contributed by atoms with Crippen molar-refractivity contribution in [2.45, 2.75) is 39.0 Å². The Labute approximate surface area is 132 Å². The van der Waals surface area contributed by atoms with E-state index in [0.29, 0.717) is 5.95 Å². The zero-order valence-corrected chi connectivity index (χ0v) is 13.6. The Bertz CT molecular complexity index is 622. The predicted molar refractivity (Wildman–Crippen MR) is 91.9 cm³/mol. The molecule has 2 aromatic rings. The van der Waals surface area contributed by atoms with Gasteiger partial charge in [-0.05, 0) is 42.0 Å². The third kappa shape index (κ3) is 3.38. The molecule has 1 saturated heterocycles. The van der Waals surface area contributed by atoms with Crippen LogP contribution < -0.4 is 10.2 Å². The first-order valence-corrected chi connectivity index (χ1v) is 7.98. The minimum Gasteiger partial charge on any atom is -0.356 e. The number of aromatic nitrogens is 2. The van der Waals surface area contributed by atoms with Crippen LogP contribution >= 0.6 is 0 Å². The molecule has 0 amide bonds. The molecule has 0 bridgehead atoms. The van der Waals surface area contributed by atoms with Gasteiger partial charge in [-0.15, -0.1) is 0 Å². The predicted octanol–water partition coefficient (Wildman–Crippen LogP) is 4.12. The second-order valence-corrected chi connectivity index (χ2v) is 6.88. The van der Waals surface area contributed by atoms with Gasteiger partial charge in [-0.25, -0.2) is 4.98 Å². The Kier molecular flexibility index (Phi) is 4.01. The lowest BCUT2D eigenvalue weighted by Crippen LogP contribution is -2.19. The Hall–Kier alpha value is -2.10. The fourth-order valence-corrected chi connectivity index (χ4v) is 2.71. The minimum absolute atomic E-state index is 0.171. The lowest BCUT2D eigenvalue weighted by molar-refractivity contribution is 0.590. The van der Waals surface area contributed by atoms with Gasteiger partial charge in [-0.3, -0.25) is 0 Å². The van der Waals surface area contributed by atoms with Crippen molar-refractivity contribution in [2.75, 3.05) is 23.3 Å². The van der Waals surface area contributed by atoms with Crippen LogP contribution in [0, 0.1) is 0 Å². The second-order valence-electron chi connectivity index (χ2n) is 6.88. The number of nitrogens with one attached hydrogen (secondary N) is 1. The van der Waals surface area contributed by atoms with E-state index in [1.54, 1.807) is 0 Å². The summed E-state index contributed by atoms with van der Waals surface area (Å²) in [5.74, 6) is 1.68. The highest BCUT2D eigenvalue weighted by atomic mass is 15.2. The fraction of sp³-hybridized carbons (Fsp3) is 0.444. The molecule has 0 saturated carbocycles. The number of anilines is 3. The van der Waals surface area contributed by atoms with Crippen molar-refractivity contribution in [1.82, 2.24) is 9.97 Å². The molecule has 0 spiro atoms. The number of hydrogen-bond acceptors (Lipinski definition) is 4. The number of benzene rings is 1. The highest BCUT2D eigenvalue weighted by Crippen LogP contribution is 2.25. The summed E-state index contributed by atoms with van der Waals surface area (Å²) in [7, 11) is 0. The van der Waals surface area contributed by atoms with E-state index in [1.807, 2.05) is 12.3 Å². The molecule has 1 fully saturated rings. The van der Waals surface area contributed by atoms with Crippen LogP contribution in [0.2, 0.25) is 0 Å². The maximum atomic E-state index is 4.62. The first-order valence-electron chi connectivity index (χ1n) is 7.98. The van der Waals surface area contributed by atoms with Crippen molar-refractivity contribution in [1.29, 1.82) is 0 Å². The number of hydrogen-bond donors (Lipinski definition) is 1. The van der Waals surface area contributed by atoms with Crippen LogP contribution in [0.15, 0.2) is 36.5 Å². The highest BCUT2D eigenvalue weighted by molar-refractivity contribution is 5.56. The van der Waals surface area contributed by atoms with Gasteiger partial charge in [0.05, 0.1) is 0 Å². The molecular formula is C18H24N4. The zero-order valence-electron chi connectivity index (χ0n) is 13.6. The van der Waals surface area contributed by atoms with Gasteiger partial charge in [0.1, 0.15) is 5.82 Å². The average Bonchev–Trinajstić information content (AvgIpc) is 3.01. The van der Waals surface area contributed by atoms with E-state index in [1.165, 1.54) is 18.4 Å². The Balaban J connectivity index is 1.74. The van der Waals surface area contributed by atoms with Gasteiger partial charge in [-0.2, -0.15) is 4.98 Å². The molecule has 116 valence electrons. The molecule has 0 aliphatic carbocycles. The first kappa shape index (κ1) is 14.8. The number of rotatable bonds is 3. The lowest BCUT2D eigenvalue weighted by Gasteiger charge is -2.19. The molecule has 4 nitrogen and oxygen atoms in total. The van der Waals surface area contributed by atoms with E-state index < -0.39 is 0 Å². The van der Waals surface area contributed by atoms with Crippen molar-refractivity contribution in [3.05, 3.63) is 42.1 Å². The summed E-state index contributed by atoms with van der Waals surface area (Å²) in [6, 6.07) is 10.5. The smallest absolute Gasteiger partial charge is 0.229 e. The van der Waals surface area contributed by atoms with Crippen molar-refractivity contribution < 1.29 is 0 Å². The SMILES string of the molecule is CC(C)(C)c1ccc(Nc2nccc(N3CCCC3)n2)cc1. The van der Waals surface area contributed by atoms with Crippen molar-refractivity contribution in [3.8, 4) is 0 Å². The molecule has 3 rings (SSSR count). The summed E-state index contributed by atoms with van der Waals surface area (Å²) < 4.78 is 0. The Morgan fingerprint density at radius 1 is 1.00 bits per heavy atom. The quantitative estimate of drug-likeness (QED) is 0.925. The van der Waals surface area contributed by atoms with Gasteiger partial charge in [0.25, 0.3) is 0 Å². The first-order chi connectivity index (χ1) is 10.5. The molecule has 1 aromatic heterocycles. The molecule has 1 aliphatic heterocycles. The molecule has 1 aromatic carbocycles. The monoisotopic (exact) mass is 296 g/mol. The largest absolute Gasteiger partial charge is 0.356 e. The van der Waals surface area contributed by atoms with Gasteiger partial charge < -0.3 is 10.2 Å². The second kappa shape index (κ2) is 5.95. The van der Waals surface area contributed by atoms with Crippen LogP contribution in [0.5, 0.6) is 0 Å². The topological polar surface area (TPSA) is 41.1 Å². The molecule has 22 heavy (non-hydrogen) atoms. The molecule has 0 atom stereocenters.